The van der Waals surface area contributed by atoms with Gasteiger partial charge in [-0.1, -0.05) is 389 Å². The van der Waals surface area contributed by atoms with E-state index in [0.29, 0.717) is 25.7 Å². The van der Waals surface area contributed by atoms with E-state index in [1.54, 1.807) is 0 Å². The normalized spacial score (nSPS) is 14.2. The highest BCUT2D eigenvalue weighted by atomic mass is 31.2. The Labute approximate surface area is 632 Å². The van der Waals surface area contributed by atoms with Crippen molar-refractivity contribution in [3.05, 3.63) is 0 Å². The van der Waals surface area contributed by atoms with Gasteiger partial charge in [0.25, 0.3) is 0 Å². The van der Waals surface area contributed by atoms with Crippen LogP contribution in [0.5, 0.6) is 0 Å². The number of aliphatic hydroxyl groups is 1. The molecule has 0 aliphatic heterocycles. The maximum absolute atomic E-state index is 13.1. The highest BCUT2D eigenvalue weighted by molar-refractivity contribution is 7.47. The number of ether oxygens (including phenoxy) is 4. The fraction of sp³-hybridized carbons (Fsp3) is 0.952. The molecule has 6 atom stereocenters. The molecule has 17 nitrogen and oxygen atoms in total. The van der Waals surface area contributed by atoms with Gasteiger partial charge in [0.1, 0.15) is 19.3 Å². The number of rotatable bonds is 82. The van der Waals surface area contributed by atoms with E-state index in [9.17, 15) is 43.2 Å². The van der Waals surface area contributed by atoms with Crippen molar-refractivity contribution in [3.63, 3.8) is 0 Å². The highest BCUT2D eigenvalue weighted by Gasteiger charge is 2.30. The Kier molecular flexibility index (Phi) is 72.8. The lowest BCUT2D eigenvalue weighted by Crippen LogP contribution is -2.30. The fourth-order valence-corrected chi connectivity index (χ4v) is 14.6. The van der Waals surface area contributed by atoms with E-state index in [1.165, 1.54) is 250 Å². The van der Waals surface area contributed by atoms with Crippen molar-refractivity contribution in [3.8, 4) is 0 Å². The van der Waals surface area contributed by atoms with E-state index < -0.39 is 97.5 Å². The highest BCUT2D eigenvalue weighted by Crippen LogP contribution is 2.45. The second-order valence-electron chi connectivity index (χ2n) is 31.4. The number of hydrogen-bond donors (Lipinski definition) is 3. The van der Waals surface area contributed by atoms with Crippen LogP contribution in [0.4, 0.5) is 0 Å². The first kappa shape index (κ1) is 101. The number of esters is 4. The van der Waals surface area contributed by atoms with Crippen molar-refractivity contribution >= 4 is 39.5 Å². The molecule has 0 rings (SSSR count). The third-order valence-electron chi connectivity index (χ3n) is 20.0. The van der Waals surface area contributed by atoms with Gasteiger partial charge in [0.2, 0.25) is 0 Å². The summed E-state index contributed by atoms with van der Waals surface area (Å²) in [4.78, 5) is 73.2. The summed E-state index contributed by atoms with van der Waals surface area (Å²) in [6.45, 7) is 12.0. The van der Waals surface area contributed by atoms with Crippen LogP contribution in [0, 0.1) is 17.8 Å². The summed E-state index contributed by atoms with van der Waals surface area (Å²) in [5.74, 6) is 0.313. The van der Waals surface area contributed by atoms with Crippen LogP contribution in [0.2, 0.25) is 0 Å². The van der Waals surface area contributed by atoms with Crippen molar-refractivity contribution in [2.45, 2.75) is 458 Å². The molecular formula is C84H164O17P2. The zero-order valence-electron chi connectivity index (χ0n) is 67.8. The largest absolute Gasteiger partial charge is 0.472 e. The van der Waals surface area contributed by atoms with Crippen LogP contribution in [0.25, 0.3) is 0 Å². The molecule has 0 aliphatic rings. The summed E-state index contributed by atoms with van der Waals surface area (Å²) in [6.07, 6.45) is 63.7. The molecule has 3 unspecified atom stereocenters. The Morgan fingerprint density at radius 3 is 0.738 bits per heavy atom. The molecule has 0 saturated heterocycles. The molecule has 0 radical (unpaired) electrons. The monoisotopic (exact) mass is 1510 g/mol. The Balaban J connectivity index is 5.26. The molecule has 0 fully saturated rings. The number of phosphoric ester groups is 2. The lowest BCUT2D eigenvalue weighted by atomic mass is 9.99. The second-order valence-corrected chi connectivity index (χ2v) is 34.3. The van der Waals surface area contributed by atoms with Crippen LogP contribution in [0.1, 0.15) is 440 Å². The summed E-state index contributed by atoms with van der Waals surface area (Å²) >= 11 is 0. The molecule has 0 aromatic rings. The van der Waals surface area contributed by atoms with Gasteiger partial charge in [0.05, 0.1) is 26.4 Å². The van der Waals surface area contributed by atoms with Crippen molar-refractivity contribution < 1.29 is 80.2 Å². The molecule has 0 aromatic heterocycles. The Hall–Kier alpha value is -1.94. The SMILES string of the molecule is CCCCCCCCCCCCCCC(=O)OC[C@H](COP(=O)(O)OC[C@H](O)COP(=O)(O)OC[C@@H](COC(=O)CCCCCCCCCCCCCCCCCC(C)C)OC(=O)CCCCCCCCCCCCCCCCCCC(C)C)OC(=O)CCCCCCCCCCCCC(C)CC. The molecule has 0 saturated carbocycles. The topological polar surface area (TPSA) is 237 Å². The number of hydrogen-bond acceptors (Lipinski definition) is 15. The standard InChI is InChI=1S/C84H164O17P2/c1-8-10-11-12-13-14-15-29-37-44-51-58-65-81(86)94-72-80(101-84(89)68-61-54-47-40-33-32-36-43-50-57-64-77(7)9-2)74-99-103(92,93)97-70-78(85)69-96-102(90,91)98-73-79(71-95-82(87)66-59-52-45-38-30-25-22-18-20-24-28-35-42-49-56-63-76(5)6)100-83(88)67-60-53-46-39-31-26-21-17-16-19-23-27-34-41-48-55-62-75(3)4/h75-80,85H,8-74H2,1-7H3,(H,90,91)(H,92,93)/t77?,78-,79-,80-/m1/s1. The molecule has 0 bridgehead atoms. The Bertz CT molecular complexity index is 1990. The van der Waals surface area contributed by atoms with Crippen LogP contribution < -0.4 is 0 Å². The van der Waals surface area contributed by atoms with Gasteiger partial charge >= 0.3 is 39.5 Å². The molecule has 19 heteroatoms. The minimum Gasteiger partial charge on any atom is -0.462 e. The van der Waals surface area contributed by atoms with Gasteiger partial charge in [-0.3, -0.25) is 37.3 Å². The molecule has 0 aliphatic carbocycles. The molecule has 3 N–H and O–H groups in total. The number of aliphatic hydroxyl groups excluding tert-OH is 1. The maximum atomic E-state index is 13.1. The number of unbranched alkanes of at least 4 members (excludes halogenated alkanes) is 49. The van der Waals surface area contributed by atoms with Gasteiger partial charge in [-0.25, -0.2) is 9.13 Å². The van der Waals surface area contributed by atoms with E-state index in [1.807, 2.05) is 0 Å². The summed E-state index contributed by atoms with van der Waals surface area (Å²) in [7, 11) is -9.93. The Morgan fingerprint density at radius 1 is 0.282 bits per heavy atom. The maximum Gasteiger partial charge on any atom is 0.472 e. The second kappa shape index (κ2) is 74.2. The van der Waals surface area contributed by atoms with Crippen LogP contribution in [-0.2, 0) is 65.4 Å². The van der Waals surface area contributed by atoms with Crippen LogP contribution in [0.3, 0.4) is 0 Å². The average Bonchev–Trinajstić information content (AvgIpc) is 0.912. The lowest BCUT2D eigenvalue weighted by Gasteiger charge is -2.21. The van der Waals surface area contributed by atoms with E-state index in [4.69, 9.17) is 37.0 Å². The number of phosphoric acid groups is 2. The summed E-state index contributed by atoms with van der Waals surface area (Å²) in [5.41, 5.74) is 0. The summed E-state index contributed by atoms with van der Waals surface area (Å²) < 4.78 is 68.9. The van der Waals surface area contributed by atoms with Gasteiger partial charge in [-0.15, -0.1) is 0 Å². The number of carbonyl (C=O) groups is 4. The Morgan fingerprint density at radius 2 is 0.495 bits per heavy atom. The zero-order valence-corrected chi connectivity index (χ0v) is 69.6. The smallest absolute Gasteiger partial charge is 0.462 e. The minimum atomic E-state index is -4.97. The van der Waals surface area contributed by atoms with Crippen LogP contribution in [0.15, 0.2) is 0 Å². The van der Waals surface area contributed by atoms with Gasteiger partial charge in [-0.2, -0.15) is 0 Å². The molecule has 103 heavy (non-hydrogen) atoms. The first-order valence-electron chi connectivity index (χ1n) is 43.4. The number of carbonyl (C=O) groups excluding carboxylic acids is 4. The van der Waals surface area contributed by atoms with Crippen LogP contribution in [-0.4, -0.2) is 96.7 Å². The van der Waals surface area contributed by atoms with E-state index in [-0.39, 0.29) is 25.7 Å². The first-order valence-corrected chi connectivity index (χ1v) is 46.4. The van der Waals surface area contributed by atoms with Crippen molar-refractivity contribution in [1.82, 2.24) is 0 Å². The van der Waals surface area contributed by atoms with E-state index in [0.717, 1.165) is 108 Å². The van der Waals surface area contributed by atoms with Gasteiger partial charge < -0.3 is 33.8 Å². The molecule has 0 amide bonds. The summed E-state index contributed by atoms with van der Waals surface area (Å²) in [6, 6.07) is 0. The lowest BCUT2D eigenvalue weighted by molar-refractivity contribution is -0.161. The predicted molar refractivity (Wildman–Crippen MR) is 423 cm³/mol. The minimum absolute atomic E-state index is 0.107. The average molecular weight is 1510 g/mol. The third kappa shape index (κ3) is 76.6. The summed E-state index contributed by atoms with van der Waals surface area (Å²) in [5, 5.41) is 10.7. The van der Waals surface area contributed by atoms with E-state index in [2.05, 4.69) is 48.5 Å². The molecule has 0 spiro atoms. The van der Waals surface area contributed by atoms with Crippen molar-refractivity contribution in [1.29, 1.82) is 0 Å². The molecule has 612 valence electrons. The predicted octanol–water partition coefficient (Wildman–Crippen LogP) is 25.3. The first-order chi connectivity index (χ1) is 49.8. The van der Waals surface area contributed by atoms with Crippen molar-refractivity contribution in [2.75, 3.05) is 39.6 Å². The van der Waals surface area contributed by atoms with Gasteiger partial charge in [0, 0.05) is 25.7 Å². The van der Waals surface area contributed by atoms with Gasteiger partial charge in [-0.05, 0) is 43.4 Å². The molecule has 0 aromatic carbocycles. The third-order valence-corrected chi connectivity index (χ3v) is 21.9. The molecule has 0 heterocycles. The van der Waals surface area contributed by atoms with Crippen molar-refractivity contribution in [2.24, 2.45) is 17.8 Å². The molecular weight excluding hydrogens is 1340 g/mol. The van der Waals surface area contributed by atoms with Gasteiger partial charge in [0.15, 0.2) is 12.2 Å². The van der Waals surface area contributed by atoms with Crippen LogP contribution >= 0.6 is 15.6 Å². The van der Waals surface area contributed by atoms with E-state index >= 15 is 0 Å². The zero-order chi connectivity index (χ0) is 75.8. The fourth-order valence-electron chi connectivity index (χ4n) is 13.0. The quantitative estimate of drug-likeness (QED) is 0.0222.